The van der Waals surface area contributed by atoms with Crippen molar-refractivity contribution in [2.45, 2.75) is 16.0 Å². The molecule has 0 fully saturated rings. The number of alkyl halides is 3. The van der Waals surface area contributed by atoms with Crippen LogP contribution in [-0.2, 0) is 6.18 Å². The van der Waals surface area contributed by atoms with Crippen LogP contribution in [-0.4, -0.2) is 11.9 Å². The zero-order valence-electron chi connectivity index (χ0n) is 16.4. The molecule has 0 saturated heterocycles. The van der Waals surface area contributed by atoms with Gasteiger partial charge in [0.15, 0.2) is 0 Å². The number of rotatable bonds is 4. The molecule has 3 aromatic carbocycles. The summed E-state index contributed by atoms with van der Waals surface area (Å²) in [6.45, 7) is 0. The van der Waals surface area contributed by atoms with E-state index in [-0.39, 0.29) is 19.8 Å². The van der Waals surface area contributed by atoms with Gasteiger partial charge < -0.3 is 5.32 Å². The first-order valence-corrected chi connectivity index (χ1v) is 10.5. The number of imide groups is 1. The molecule has 4 nitrogen and oxygen atoms in total. The van der Waals surface area contributed by atoms with Crippen LogP contribution < -0.4 is 10.6 Å². The average molecular weight is 539 g/mol. The second kappa shape index (κ2) is 10.2. The summed E-state index contributed by atoms with van der Waals surface area (Å²) in [5.74, 6) is -4.83. The summed E-state index contributed by atoms with van der Waals surface area (Å²) in [5, 5.41) is 3.29. The van der Waals surface area contributed by atoms with Crippen molar-refractivity contribution in [1.29, 1.82) is 0 Å². The Morgan fingerprint density at radius 1 is 0.824 bits per heavy atom. The van der Waals surface area contributed by atoms with Gasteiger partial charge in [0.05, 0.1) is 21.3 Å². The first-order valence-electron chi connectivity index (χ1n) is 8.97. The number of nitrogens with one attached hydrogen (secondary N) is 2. The molecular formula is C21H10Cl2F6N2O2S. The van der Waals surface area contributed by atoms with Crippen LogP contribution in [0.4, 0.5) is 36.8 Å². The Morgan fingerprint density at radius 3 is 2.03 bits per heavy atom. The molecule has 0 atom stereocenters. The molecule has 0 saturated carbocycles. The van der Waals surface area contributed by atoms with E-state index in [0.29, 0.717) is 6.07 Å². The number of benzene rings is 3. The monoisotopic (exact) mass is 538 g/mol. The number of hydrogen-bond acceptors (Lipinski definition) is 3. The molecule has 3 amide bonds. The fraction of sp³-hybridized carbons (Fsp3) is 0.0476. The van der Waals surface area contributed by atoms with Gasteiger partial charge in [0.25, 0.3) is 5.91 Å². The second-order valence-corrected chi connectivity index (χ2v) is 8.41. The molecule has 2 N–H and O–H groups in total. The van der Waals surface area contributed by atoms with E-state index in [0.717, 1.165) is 54.2 Å². The quantitative estimate of drug-likeness (QED) is 0.337. The Labute approximate surface area is 202 Å². The number of carbonyl (C=O) groups excluding carboxylic acids is 2. The van der Waals surface area contributed by atoms with Gasteiger partial charge in [-0.25, -0.2) is 18.0 Å². The highest BCUT2D eigenvalue weighted by molar-refractivity contribution is 7.99. The van der Waals surface area contributed by atoms with Crippen molar-refractivity contribution >= 4 is 52.6 Å². The van der Waals surface area contributed by atoms with Crippen molar-refractivity contribution in [3.05, 3.63) is 87.2 Å². The summed E-state index contributed by atoms with van der Waals surface area (Å²) in [5.41, 5.74) is -2.45. The maximum Gasteiger partial charge on any atom is 0.416 e. The zero-order valence-corrected chi connectivity index (χ0v) is 18.7. The standard InChI is InChI=1S/C21H10Cl2F6N2O2S/c22-10-6-9(21(27,28)29)4-5-16(10)34-17-8-14(26)15(7-11(17)23)30-20(33)31-19(32)18-12(24)2-1-3-13(18)25/h1-8H,(H2,30,31,32,33). The van der Waals surface area contributed by atoms with Crippen LogP contribution in [0.1, 0.15) is 15.9 Å². The molecule has 0 bridgehead atoms. The third-order valence-corrected chi connectivity index (χ3v) is 6.15. The van der Waals surface area contributed by atoms with E-state index in [2.05, 4.69) is 0 Å². The summed E-state index contributed by atoms with van der Waals surface area (Å²) in [7, 11) is 0. The van der Waals surface area contributed by atoms with E-state index < -0.39 is 52.4 Å². The normalized spacial score (nSPS) is 11.3. The van der Waals surface area contributed by atoms with Crippen molar-refractivity contribution in [2.24, 2.45) is 0 Å². The van der Waals surface area contributed by atoms with Crippen molar-refractivity contribution in [1.82, 2.24) is 5.32 Å². The van der Waals surface area contributed by atoms with Crippen LogP contribution in [0.5, 0.6) is 0 Å². The van der Waals surface area contributed by atoms with Gasteiger partial charge in [-0.3, -0.25) is 10.1 Å². The fourth-order valence-corrected chi connectivity index (χ4v) is 4.04. The lowest BCUT2D eigenvalue weighted by molar-refractivity contribution is -0.137. The van der Waals surface area contributed by atoms with E-state index in [9.17, 15) is 35.9 Å². The molecule has 3 rings (SSSR count). The molecule has 0 aliphatic carbocycles. The lowest BCUT2D eigenvalue weighted by Gasteiger charge is -2.12. The Kier molecular flexibility index (Phi) is 7.69. The summed E-state index contributed by atoms with van der Waals surface area (Å²) in [6.07, 6.45) is -4.59. The minimum Gasteiger partial charge on any atom is -0.305 e. The number of hydrogen-bond donors (Lipinski definition) is 2. The van der Waals surface area contributed by atoms with Crippen molar-refractivity contribution in [2.75, 3.05) is 5.32 Å². The predicted octanol–water partition coefficient (Wildman–Crippen LogP) is 7.54. The molecule has 0 aromatic heterocycles. The Bertz CT molecular complexity index is 1270. The van der Waals surface area contributed by atoms with Crippen LogP contribution in [0.3, 0.4) is 0 Å². The van der Waals surface area contributed by atoms with E-state index >= 15 is 0 Å². The van der Waals surface area contributed by atoms with E-state index in [1.165, 1.54) is 0 Å². The first kappa shape index (κ1) is 25.7. The number of urea groups is 1. The highest BCUT2D eigenvalue weighted by atomic mass is 35.5. The topological polar surface area (TPSA) is 58.2 Å². The number of carbonyl (C=O) groups is 2. The summed E-state index contributed by atoms with van der Waals surface area (Å²) in [6, 6.07) is 5.82. The van der Waals surface area contributed by atoms with E-state index in [4.69, 9.17) is 23.2 Å². The van der Waals surface area contributed by atoms with Crippen LogP contribution in [0.15, 0.2) is 58.3 Å². The highest BCUT2D eigenvalue weighted by Gasteiger charge is 2.31. The molecule has 0 aliphatic rings. The zero-order chi connectivity index (χ0) is 25.2. The second-order valence-electron chi connectivity index (χ2n) is 6.51. The molecule has 0 heterocycles. The van der Waals surface area contributed by atoms with Crippen LogP contribution in [0.2, 0.25) is 10.0 Å². The highest BCUT2D eigenvalue weighted by Crippen LogP contribution is 2.41. The van der Waals surface area contributed by atoms with Gasteiger partial charge >= 0.3 is 12.2 Å². The number of halogens is 8. The average Bonchev–Trinajstić information content (AvgIpc) is 2.72. The third kappa shape index (κ3) is 5.96. The fourth-order valence-electron chi connectivity index (χ4n) is 2.61. The molecule has 0 unspecified atom stereocenters. The van der Waals surface area contributed by atoms with Gasteiger partial charge in [-0.05, 0) is 42.5 Å². The minimum atomic E-state index is -4.59. The molecule has 0 aliphatic heterocycles. The van der Waals surface area contributed by atoms with Crippen molar-refractivity contribution < 1.29 is 35.9 Å². The minimum absolute atomic E-state index is 0.0660. The SMILES string of the molecule is O=C(NC(=O)c1c(F)cccc1F)Nc1cc(Cl)c(Sc2ccc(C(F)(F)F)cc2Cl)cc1F. The molecule has 178 valence electrons. The molecule has 0 spiro atoms. The van der Waals surface area contributed by atoms with Gasteiger partial charge in [-0.15, -0.1) is 0 Å². The number of anilines is 1. The van der Waals surface area contributed by atoms with Gasteiger partial charge in [0, 0.05) is 9.79 Å². The van der Waals surface area contributed by atoms with Crippen molar-refractivity contribution in [3.8, 4) is 0 Å². The summed E-state index contributed by atoms with van der Waals surface area (Å²) < 4.78 is 80.1. The smallest absolute Gasteiger partial charge is 0.305 e. The lowest BCUT2D eigenvalue weighted by Crippen LogP contribution is -2.35. The maximum absolute atomic E-state index is 14.5. The van der Waals surface area contributed by atoms with Crippen molar-refractivity contribution in [3.63, 3.8) is 0 Å². The summed E-state index contributed by atoms with van der Waals surface area (Å²) in [4.78, 5) is 24.2. The van der Waals surface area contributed by atoms with E-state index in [1.54, 1.807) is 5.32 Å². The third-order valence-electron chi connectivity index (χ3n) is 4.17. The van der Waals surface area contributed by atoms with Gasteiger partial charge in [0.1, 0.15) is 23.0 Å². The molecule has 13 heteroatoms. The summed E-state index contributed by atoms with van der Waals surface area (Å²) >= 11 is 12.8. The van der Waals surface area contributed by atoms with Crippen LogP contribution in [0.25, 0.3) is 0 Å². The first-order chi connectivity index (χ1) is 15.9. The van der Waals surface area contributed by atoms with Gasteiger partial charge in [-0.2, -0.15) is 13.2 Å². The predicted molar refractivity (Wildman–Crippen MR) is 115 cm³/mol. The Morgan fingerprint density at radius 2 is 1.44 bits per heavy atom. The Hall–Kier alpha value is -2.89. The van der Waals surface area contributed by atoms with Gasteiger partial charge in [-0.1, -0.05) is 41.0 Å². The van der Waals surface area contributed by atoms with Crippen LogP contribution >= 0.6 is 35.0 Å². The molecule has 0 radical (unpaired) electrons. The molecule has 34 heavy (non-hydrogen) atoms. The maximum atomic E-state index is 14.5. The Balaban J connectivity index is 1.74. The van der Waals surface area contributed by atoms with Gasteiger partial charge in [0.2, 0.25) is 0 Å². The number of amides is 3. The largest absolute Gasteiger partial charge is 0.416 e. The van der Waals surface area contributed by atoms with Crippen LogP contribution in [0, 0.1) is 17.5 Å². The van der Waals surface area contributed by atoms with E-state index in [1.807, 2.05) is 5.32 Å². The molecule has 3 aromatic rings. The molecular weight excluding hydrogens is 529 g/mol. The lowest BCUT2D eigenvalue weighted by atomic mass is 10.2.